The number of methoxy groups -OCH3 is 1. The third-order valence-electron chi connectivity index (χ3n) is 3.37. The first-order chi connectivity index (χ1) is 9.17. The summed E-state index contributed by atoms with van der Waals surface area (Å²) >= 11 is 0. The third kappa shape index (κ3) is 2.81. The van der Waals surface area contributed by atoms with Crippen molar-refractivity contribution in [2.24, 2.45) is 5.92 Å². The Balaban J connectivity index is 2.30. The Morgan fingerprint density at radius 3 is 2.79 bits per heavy atom. The normalized spacial score (nSPS) is 22.2. The van der Waals surface area contributed by atoms with Crippen molar-refractivity contribution >= 4 is 5.97 Å². The summed E-state index contributed by atoms with van der Waals surface area (Å²) in [6.45, 7) is 2.96. The van der Waals surface area contributed by atoms with Gasteiger partial charge in [-0.15, -0.1) is 0 Å². The van der Waals surface area contributed by atoms with E-state index in [4.69, 9.17) is 14.6 Å². The van der Waals surface area contributed by atoms with Crippen molar-refractivity contribution in [2.75, 3.05) is 20.3 Å². The second-order valence-electron chi connectivity index (χ2n) is 4.54. The summed E-state index contributed by atoms with van der Waals surface area (Å²) in [4.78, 5) is 11.0. The Bertz CT molecular complexity index is 461. The number of ether oxygens (including phenoxy) is 2. The molecule has 0 radical (unpaired) electrons. The fourth-order valence-electron chi connectivity index (χ4n) is 2.47. The van der Waals surface area contributed by atoms with Crippen LogP contribution in [0.4, 0.5) is 0 Å². The maximum absolute atomic E-state index is 11.0. The molecule has 1 aromatic carbocycles. The molecule has 2 N–H and O–H groups in total. The predicted octanol–water partition coefficient (Wildman–Crippen LogP) is 1.83. The standard InChI is InChI=1S/C14H19NO4/c1-3-19-12-6-4-5-11(18-2)13(12)10-7-9(8-15-10)14(16)17/h4-6,9-10,15H,3,7-8H2,1-2H3,(H,16,17). The minimum Gasteiger partial charge on any atom is -0.496 e. The summed E-state index contributed by atoms with van der Waals surface area (Å²) in [7, 11) is 1.61. The summed E-state index contributed by atoms with van der Waals surface area (Å²) in [6, 6.07) is 5.58. The van der Waals surface area contributed by atoms with E-state index >= 15 is 0 Å². The number of carboxylic acids is 1. The summed E-state index contributed by atoms with van der Waals surface area (Å²) in [5.41, 5.74) is 0.913. The Labute approximate surface area is 112 Å². The maximum atomic E-state index is 11.0. The highest BCUT2D eigenvalue weighted by molar-refractivity contribution is 5.71. The number of hydrogen-bond acceptors (Lipinski definition) is 4. The van der Waals surface area contributed by atoms with Gasteiger partial charge >= 0.3 is 5.97 Å². The van der Waals surface area contributed by atoms with Gasteiger partial charge in [0.2, 0.25) is 0 Å². The highest BCUT2D eigenvalue weighted by Crippen LogP contribution is 2.39. The second kappa shape index (κ2) is 5.93. The van der Waals surface area contributed by atoms with Crippen molar-refractivity contribution in [1.29, 1.82) is 0 Å². The first-order valence-electron chi connectivity index (χ1n) is 6.43. The summed E-state index contributed by atoms with van der Waals surface area (Å²) in [5, 5.41) is 12.3. The smallest absolute Gasteiger partial charge is 0.307 e. The average Bonchev–Trinajstić information content (AvgIpc) is 2.88. The van der Waals surface area contributed by atoms with Crippen LogP contribution in [0.5, 0.6) is 11.5 Å². The van der Waals surface area contributed by atoms with Crippen molar-refractivity contribution in [3.8, 4) is 11.5 Å². The van der Waals surface area contributed by atoms with Gasteiger partial charge in [0.1, 0.15) is 11.5 Å². The van der Waals surface area contributed by atoms with Gasteiger partial charge in [0, 0.05) is 12.6 Å². The molecule has 0 aliphatic carbocycles. The molecule has 1 heterocycles. The third-order valence-corrected chi connectivity index (χ3v) is 3.37. The lowest BCUT2D eigenvalue weighted by molar-refractivity contribution is -0.141. The topological polar surface area (TPSA) is 67.8 Å². The molecule has 0 aromatic heterocycles. The van der Waals surface area contributed by atoms with Crippen molar-refractivity contribution in [1.82, 2.24) is 5.32 Å². The van der Waals surface area contributed by atoms with E-state index in [1.807, 2.05) is 25.1 Å². The summed E-state index contributed by atoms with van der Waals surface area (Å²) in [6.07, 6.45) is 0.551. The van der Waals surface area contributed by atoms with Crippen LogP contribution in [0.1, 0.15) is 24.9 Å². The highest BCUT2D eigenvalue weighted by atomic mass is 16.5. The molecule has 1 aliphatic heterocycles. The van der Waals surface area contributed by atoms with Crippen molar-refractivity contribution in [2.45, 2.75) is 19.4 Å². The van der Waals surface area contributed by atoms with E-state index in [9.17, 15) is 4.79 Å². The zero-order valence-electron chi connectivity index (χ0n) is 11.2. The van der Waals surface area contributed by atoms with Crippen molar-refractivity contribution in [3.05, 3.63) is 23.8 Å². The fraction of sp³-hybridized carbons (Fsp3) is 0.500. The van der Waals surface area contributed by atoms with Gasteiger partial charge in [-0.2, -0.15) is 0 Å². The molecular formula is C14H19NO4. The van der Waals surface area contributed by atoms with E-state index in [1.165, 1.54) is 0 Å². The minimum atomic E-state index is -0.761. The first kappa shape index (κ1) is 13.7. The van der Waals surface area contributed by atoms with Crippen molar-refractivity contribution < 1.29 is 19.4 Å². The number of benzene rings is 1. The second-order valence-corrected chi connectivity index (χ2v) is 4.54. The molecule has 0 spiro atoms. The Hall–Kier alpha value is -1.75. The molecule has 0 saturated carbocycles. The lowest BCUT2D eigenvalue weighted by Crippen LogP contribution is -2.18. The average molecular weight is 265 g/mol. The van der Waals surface area contributed by atoms with E-state index in [-0.39, 0.29) is 12.0 Å². The Kier molecular flexibility index (Phi) is 4.27. The van der Waals surface area contributed by atoms with Gasteiger partial charge in [0.25, 0.3) is 0 Å². The summed E-state index contributed by atoms with van der Waals surface area (Å²) < 4.78 is 11.0. The molecule has 1 aliphatic rings. The van der Waals surface area contributed by atoms with Crippen LogP contribution < -0.4 is 14.8 Å². The minimum absolute atomic E-state index is 0.0428. The van der Waals surface area contributed by atoms with Crippen LogP contribution in [-0.4, -0.2) is 31.3 Å². The SMILES string of the molecule is CCOc1cccc(OC)c1C1CC(C(=O)O)CN1. The van der Waals surface area contributed by atoms with Crippen LogP contribution in [0.15, 0.2) is 18.2 Å². The van der Waals surface area contributed by atoms with Gasteiger partial charge in [-0.3, -0.25) is 4.79 Å². The summed E-state index contributed by atoms with van der Waals surface area (Å²) in [5.74, 6) is 0.368. The number of nitrogens with one attached hydrogen (secondary N) is 1. The van der Waals surface area contributed by atoms with E-state index in [0.717, 1.165) is 17.1 Å². The van der Waals surface area contributed by atoms with Gasteiger partial charge in [0.05, 0.1) is 25.2 Å². The molecule has 2 unspecified atom stereocenters. The maximum Gasteiger partial charge on any atom is 0.307 e. The molecule has 0 bridgehead atoms. The molecular weight excluding hydrogens is 246 g/mol. The molecule has 104 valence electrons. The zero-order valence-corrected chi connectivity index (χ0v) is 11.2. The number of hydrogen-bond donors (Lipinski definition) is 2. The van der Waals surface area contributed by atoms with Crippen LogP contribution >= 0.6 is 0 Å². The van der Waals surface area contributed by atoms with Gasteiger partial charge in [-0.25, -0.2) is 0 Å². The van der Waals surface area contributed by atoms with E-state index < -0.39 is 5.97 Å². The quantitative estimate of drug-likeness (QED) is 0.850. The van der Waals surface area contributed by atoms with Crippen LogP contribution in [0.3, 0.4) is 0 Å². The zero-order chi connectivity index (χ0) is 13.8. The molecule has 1 fully saturated rings. The molecule has 2 atom stereocenters. The van der Waals surface area contributed by atoms with Crippen LogP contribution in [0.25, 0.3) is 0 Å². The largest absolute Gasteiger partial charge is 0.496 e. The van der Waals surface area contributed by atoms with Crippen molar-refractivity contribution in [3.63, 3.8) is 0 Å². The molecule has 1 aromatic rings. The molecule has 5 heteroatoms. The molecule has 0 amide bonds. The fourth-order valence-corrected chi connectivity index (χ4v) is 2.47. The number of aliphatic carboxylic acids is 1. The number of carbonyl (C=O) groups is 1. The lowest BCUT2D eigenvalue weighted by atomic mass is 9.98. The molecule has 19 heavy (non-hydrogen) atoms. The molecule has 2 rings (SSSR count). The number of carboxylic acid groups (broad SMARTS) is 1. The van der Waals surface area contributed by atoms with Gasteiger partial charge in [-0.1, -0.05) is 6.07 Å². The molecule has 5 nitrogen and oxygen atoms in total. The van der Waals surface area contributed by atoms with Gasteiger partial charge in [-0.05, 0) is 25.5 Å². The van der Waals surface area contributed by atoms with Crippen LogP contribution in [0.2, 0.25) is 0 Å². The Morgan fingerprint density at radius 2 is 2.21 bits per heavy atom. The van der Waals surface area contributed by atoms with E-state index in [2.05, 4.69) is 5.32 Å². The van der Waals surface area contributed by atoms with Gasteiger partial charge < -0.3 is 19.9 Å². The molecule has 1 saturated heterocycles. The van der Waals surface area contributed by atoms with Gasteiger partial charge in [0.15, 0.2) is 0 Å². The predicted molar refractivity (Wildman–Crippen MR) is 70.6 cm³/mol. The first-order valence-corrected chi connectivity index (χ1v) is 6.43. The van der Waals surface area contributed by atoms with E-state index in [0.29, 0.717) is 19.6 Å². The Morgan fingerprint density at radius 1 is 1.47 bits per heavy atom. The number of rotatable bonds is 5. The lowest BCUT2D eigenvalue weighted by Gasteiger charge is -2.19. The highest BCUT2D eigenvalue weighted by Gasteiger charge is 2.33. The van der Waals surface area contributed by atoms with Crippen LogP contribution in [0, 0.1) is 5.92 Å². The van der Waals surface area contributed by atoms with Crippen LogP contribution in [-0.2, 0) is 4.79 Å². The van der Waals surface area contributed by atoms with E-state index in [1.54, 1.807) is 7.11 Å². The monoisotopic (exact) mass is 265 g/mol.